The average molecular weight is 389 g/mol. The summed E-state index contributed by atoms with van der Waals surface area (Å²) < 4.78 is 7.61. The first kappa shape index (κ1) is 19.4. The van der Waals surface area contributed by atoms with Crippen LogP contribution in [0.1, 0.15) is 35.5 Å². The molecule has 0 spiro atoms. The van der Waals surface area contributed by atoms with Crippen LogP contribution in [-0.4, -0.2) is 45.9 Å². The Labute approximate surface area is 171 Å². The van der Waals surface area contributed by atoms with Gasteiger partial charge in [-0.3, -0.25) is 4.79 Å². The van der Waals surface area contributed by atoms with E-state index < -0.39 is 0 Å². The minimum Gasteiger partial charge on any atom is -0.372 e. The first-order chi connectivity index (χ1) is 13.9. The number of hydrogen-bond acceptors (Lipinski definition) is 3. The van der Waals surface area contributed by atoms with Crippen LogP contribution in [0.5, 0.6) is 0 Å². The molecule has 2 heterocycles. The van der Waals surface area contributed by atoms with E-state index in [1.165, 1.54) is 0 Å². The molecule has 0 bridgehead atoms. The lowest BCUT2D eigenvalue weighted by atomic mass is 10.1. The van der Waals surface area contributed by atoms with Crippen LogP contribution in [-0.2, 0) is 4.74 Å². The molecular formula is C24H27N3O2. The number of carbonyl (C=O) groups is 1. The predicted octanol–water partition coefficient (Wildman–Crippen LogP) is 4.41. The summed E-state index contributed by atoms with van der Waals surface area (Å²) in [5.41, 5.74) is 5.52. The monoisotopic (exact) mass is 389 g/mol. The van der Waals surface area contributed by atoms with Crippen LogP contribution in [0.4, 0.5) is 0 Å². The molecule has 0 aliphatic carbocycles. The van der Waals surface area contributed by atoms with Gasteiger partial charge in [0.15, 0.2) is 0 Å². The van der Waals surface area contributed by atoms with Gasteiger partial charge in [0.05, 0.1) is 23.6 Å². The van der Waals surface area contributed by atoms with Gasteiger partial charge in [0.2, 0.25) is 0 Å². The Kier molecular flexibility index (Phi) is 5.24. The fraction of sp³-hybridized carbons (Fsp3) is 0.333. The molecule has 5 heteroatoms. The Morgan fingerprint density at radius 3 is 2.38 bits per heavy atom. The fourth-order valence-electron chi connectivity index (χ4n) is 3.92. The normalized spacial score (nSPS) is 19.4. The molecule has 0 radical (unpaired) electrons. The highest BCUT2D eigenvalue weighted by Crippen LogP contribution is 2.25. The van der Waals surface area contributed by atoms with E-state index in [1.54, 1.807) is 4.68 Å². The molecule has 150 valence electrons. The molecule has 0 saturated carbocycles. The largest absolute Gasteiger partial charge is 0.372 e. The molecular weight excluding hydrogens is 362 g/mol. The number of carbonyl (C=O) groups excluding carboxylic acids is 1. The maximum Gasteiger partial charge on any atom is 0.272 e. The van der Waals surface area contributed by atoms with Crippen LogP contribution in [0.2, 0.25) is 0 Å². The van der Waals surface area contributed by atoms with E-state index in [0.29, 0.717) is 18.8 Å². The SMILES string of the molecule is Cc1ccc(C)c(-n2nc(-c3ccccc3)cc2C(=O)N2CC(C)OC(C)C2)c1. The number of ether oxygens (including phenoxy) is 1. The smallest absolute Gasteiger partial charge is 0.272 e. The van der Waals surface area contributed by atoms with Crippen molar-refractivity contribution in [2.45, 2.75) is 39.9 Å². The van der Waals surface area contributed by atoms with Gasteiger partial charge >= 0.3 is 0 Å². The Morgan fingerprint density at radius 2 is 1.69 bits per heavy atom. The number of benzene rings is 2. The summed E-state index contributed by atoms with van der Waals surface area (Å²) in [4.78, 5) is 15.4. The number of amides is 1. The molecule has 5 nitrogen and oxygen atoms in total. The summed E-state index contributed by atoms with van der Waals surface area (Å²) in [6.45, 7) is 9.29. The van der Waals surface area contributed by atoms with E-state index in [2.05, 4.69) is 25.1 Å². The number of aromatic nitrogens is 2. The Hall–Kier alpha value is -2.92. The Bertz CT molecular complexity index is 1020. The van der Waals surface area contributed by atoms with E-state index in [0.717, 1.165) is 28.1 Å². The van der Waals surface area contributed by atoms with E-state index in [4.69, 9.17) is 9.84 Å². The standard InChI is InChI=1S/C24H27N3O2/c1-16-10-11-17(2)22(12-16)27-23(13-21(25-27)20-8-6-5-7-9-20)24(28)26-14-18(3)29-19(4)15-26/h5-13,18-19H,14-15H2,1-4H3. The lowest BCUT2D eigenvalue weighted by molar-refractivity contribution is -0.0588. The van der Waals surface area contributed by atoms with Crippen LogP contribution < -0.4 is 0 Å². The summed E-state index contributed by atoms with van der Waals surface area (Å²) in [7, 11) is 0. The average Bonchev–Trinajstić information content (AvgIpc) is 3.14. The summed E-state index contributed by atoms with van der Waals surface area (Å²) in [5.74, 6) is -0.0115. The Morgan fingerprint density at radius 1 is 1.00 bits per heavy atom. The van der Waals surface area contributed by atoms with E-state index >= 15 is 0 Å². The molecule has 1 aromatic heterocycles. The zero-order valence-electron chi connectivity index (χ0n) is 17.4. The number of morpholine rings is 1. The van der Waals surface area contributed by atoms with Crippen molar-refractivity contribution < 1.29 is 9.53 Å². The summed E-state index contributed by atoms with van der Waals surface area (Å²) in [6, 6.07) is 18.1. The van der Waals surface area contributed by atoms with Crippen molar-refractivity contribution in [1.29, 1.82) is 0 Å². The van der Waals surface area contributed by atoms with Crippen LogP contribution >= 0.6 is 0 Å². The van der Waals surface area contributed by atoms with Crippen molar-refractivity contribution in [1.82, 2.24) is 14.7 Å². The summed E-state index contributed by atoms with van der Waals surface area (Å²) >= 11 is 0. The molecule has 0 N–H and O–H groups in total. The third-order valence-electron chi connectivity index (χ3n) is 5.30. The maximum absolute atomic E-state index is 13.5. The van der Waals surface area contributed by atoms with Gasteiger partial charge in [0, 0.05) is 18.7 Å². The van der Waals surface area contributed by atoms with Gasteiger partial charge in [-0.15, -0.1) is 0 Å². The second-order valence-corrected chi connectivity index (χ2v) is 7.95. The minimum atomic E-state index is -0.0115. The lowest BCUT2D eigenvalue weighted by Crippen LogP contribution is -2.48. The molecule has 2 unspecified atom stereocenters. The fourth-order valence-corrected chi connectivity index (χ4v) is 3.92. The highest BCUT2D eigenvalue weighted by molar-refractivity contribution is 5.94. The van der Waals surface area contributed by atoms with Crippen LogP contribution in [0.15, 0.2) is 54.6 Å². The van der Waals surface area contributed by atoms with E-state index in [1.807, 2.05) is 62.1 Å². The van der Waals surface area contributed by atoms with Gasteiger partial charge in [-0.05, 0) is 51.0 Å². The molecule has 4 rings (SSSR count). The third-order valence-corrected chi connectivity index (χ3v) is 5.30. The zero-order chi connectivity index (χ0) is 20.5. The molecule has 1 saturated heterocycles. The summed E-state index contributed by atoms with van der Waals surface area (Å²) in [5, 5.41) is 4.84. The van der Waals surface area contributed by atoms with Gasteiger partial charge in [-0.1, -0.05) is 42.5 Å². The molecule has 2 aromatic carbocycles. The van der Waals surface area contributed by atoms with Crippen LogP contribution in [0.3, 0.4) is 0 Å². The summed E-state index contributed by atoms with van der Waals surface area (Å²) in [6.07, 6.45) is 0.0433. The second-order valence-electron chi connectivity index (χ2n) is 7.95. The van der Waals surface area contributed by atoms with Gasteiger partial charge in [-0.25, -0.2) is 4.68 Å². The van der Waals surface area contributed by atoms with Crippen molar-refractivity contribution in [3.05, 3.63) is 71.4 Å². The molecule has 1 amide bonds. The lowest BCUT2D eigenvalue weighted by Gasteiger charge is -2.35. The number of rotatable bonds is 3. The van der Waals surface area contributed by atoms with E-state index in [9.17, 15) is 4.79 Å². The first-order valence-electron chi connectivity index (χ1n) is 10.1. The van der Waals surface area contributed by atoms with Crippen molar-refractivity contribution >= 4 is 5.91 Å². The third kappa shape index (κ3) is 3.96. The van der Waals surface area contributed by atoms with Crippen molar-refractivity contribution in [2.75, 3.05) is 13.1 Å². The van der Waals surface area contributed by atoms with Crippen LogP contribution in [0, 0.1) is 13.8 Å². The maximum atomic E-state index is 13.5. The van der Waals surface area contributed by atoms with Gasteiger partial charge in [0.25, 0.3) is 5.91 Å². The molecule has 29 heavy (non-hydrogen) atoms. The highest BCUT2D eigenvalue weighted by atomic mass is 16.5. The van der Waals surface area contributed by atoms with Crippen molar-refractivity contribution in [3.8, 4) is 16.9 Å². The minimum absolute atomic E-state index is 0.0115. The van der Waals surface area contributed by atoms with Gasteiger partial charge in [-0.2, -0.15) is 5.10 Å². The molecule has 1 fully saturated rings. The predicted molar refractivity (Wildman–Crippen MR) is 114 cm³/mol. The van der Waals surface area contributed by atoms with Gasteiger partial charge < -0.3 is 9.64 Å². The highest BCUT2D eigenvalue weighted by Gasteiger charge is 2.29. The van der Waals surface area contributed by atoms with Crippen molar-refractivity contribution in [2.24, 2.45) is 0 Å². The second kappa shape index (κ2) is 7.84. The topological polar surface area (TPSA) is 47.4 Å². The molecule has 3 aromatic rings. The molecule has 2 atom stereocenters. The molecule has 1 aliphatic rings. The zero-order valence-corrected chi connectivity index (χ0v) is 17.4. The van der Waals surface area contributed by atoms with Crippen molar-refractivity contribution in [3.63, 3.8) is 0 Å². The number of nitrogens with zero attached hydrogens (tertiary/aromatic N) is 3. The number of aryl methyl sites for hydroxylation is 2. The number of hydrogen-bond donors (Lipinski definition) is 0. The van der Waals surface area contributed by atoms with E-state index in [-0.39, 0.29) is 18.1 Å². The first-order valence-corrected chi connectivity index (χ1v) is 10.1. The van der Waals surface area contributed by atoms with Crippen LogP contribution in [0.25, 0.3) is 16.9 Å². The Balaban J connectivity index is 1.82. The quantitative estimate of drug-likeness (QED) is 0.667. The molecule has 1 aliphatic heterocycles. The van der Waals surface area contributed by atoms with Gasteiger partial charge in [0.1, 0.15) is 5.69 Å².